The van der Waals surface area contributed by atoms with Crippen LogP contribution in [-0.4, -0.2) is 4.92 Å². The molecule has 0 aliphatic rings. The molecule has 0 spiro atoms. The molecule has 63 valence electrons. The van der Waals surface area contributed by atoms with Gasteiger partial charge in [0.2, 0.25) is 6.20 Å². The van der Waals surface area contributed by atoms with E-state index >= 15 is 0 Å². The second-order valence-electron chi connectivity index (χ2n) is 1.82. The number of rotatable bonds is 1. The highest BCUT2D eigenvalue weighted by Gasteiger charge is 2.18. The van der Waals surface area contributed by atoms with E-state index in [4.69, 9.17) is 0 Å². The number of nitro groups is 1. The van der Waals surface area contributed by atoms with Crippen LogP contribution in [0.25, 0.3) is 0 Å². The molecule has 0 bridgehead atoms. The van der Waals surface area contributed by atoms with Crippen LogP contribution in [-0.2, 0) is 0 Å². The molecule has 0 saturated carbocycles. The summed E-state index contributed by atoms with van der Waals surface area (Å²) >= 11 is 5.69. The number of aromatic nitrogens is 1. The van der Waals surface area contributed by atoms with Crippen LogP contribution < -0.4 is 4.73 Å². The molecule has 0 amide bonds. The highest BCUT2D eigenvalue weighted by molar-refractivity contribution is 9.11. The Morgan fingerprint density at radius 3 is 2.67 bits per heavy atom. The first-order valence-corrected chi connectivity index (χ1v) is 4.26. The van der Waals surface area contributed by atoms with E-state index in [-0.39, 0.29) is 14.8 Å². The zero-order valence-corrected chi connectivity index (χ0v) is 8.62. The number of hydrogen-bond donors (Lipinski definition) is 0. The van der Waals surface area contributed by atoms with Gasteiger partial charge in [-0.1, -0.05) is 0 Å². The molecule has 0 aliphatic heterocycles. The number of hydrogen-bond acceptors (Lipinski definition) is 3. The highest BCUT2D eigenvalue weighted by atomic mass is 79.9. The molecular weight excluding hydrogens is 296 g/mol. The first-order chi connectivity index (χ1) is 5.52. The van der Waals surface area contributed by atoms with Gasteiger partial charge in [0.05, 0.1) is 4.92 Å². The minimum atomic E-state index is -0.630. The Morgan fingerprint density at radius 2 is 2.17 bits per heavy atom. The average Bonchev–Trinajstić information content (AvgIpc) is 1.96. The van der Waals surface area contributed by atoms with Crippen molar-refractivity contribution in [3.63, 3.8) is 0 Å². The van der Waals surface area contributed by atoms with Crippen LogP contribution in [0.4, 0.5) is 5.69 Å². The summed E-state index contributed by atoms with van der Waals surface area (Å²) < 4.78 is 0.514. The Hall–Kier alpha value is -0.690. The fourth-order valence-corrected chi connectivity index (χ4v) is 1.29. The molecule has 1 rings (SSSR count). The first kappa shape index (κ1) is 9.40. The fourth-order valence-electron chi connectivity index (χ4n) is 0.566. The van der Waals surface area contributed by atoms with Gasteiger partial charge in [-0.2, -0.15) is 4.73 Å². The lowest BCUT2D eigenvalue weighted by Crippen LogP contribution is -2.27. The smallest absolute Gasteiger partial charge is 0.305 e. The lowest BCUT2D eigenvalue weighted by molar-refractivity contribution is -0.618. The summed E-state index contributed by atoms with van der Waals surface area (Å²) in [5.41, 5.74) is -0.269. The van der Waals surface area contributed by atoms with Crippen LogP contribution in [0.15, 0.2) is 15.3 Å². The molecule has 1 aromatic rings. The molecular formula is C5HBr2N2O3. The van der Waals surface area contributed by atoms with Gasteiger partial charge in [-0.25, -0.2) is 0 Å². The van der Waals surface area contributed by atoms with E-state index in [0.717, 1.165) is 6.20 Å². The van der Waals surface area contributed by atoms with Gasteiger partial charge in [-0.15, -0.1) is 0 Å². The van der Waals surface area contributed by atoms with Crippen molar-refractivity contribution in [2.24, 2.45) is 0 Å². The second-order valence-corrected chi connectivity index (χ2v) is 3.43. The topological polar surface area (TPSA) is 70.1 Å². The van der Waals surface area contributed by atoms with E-state index in [2.05, 4.69) is 37.9 Å². The summed E-state index contributed by atoms with van der Waals surface area (Å²) in [6.07, 6.45) is 1.04. The Kier molecular flexibility index (Phi) is 2.63. The summed E-state index contributed by atoms with van der Waals surface area (Å²) in [5.74, 6) is 0. The van der Waals surface area contributed by atoms with Gasteiger partial charge in [0.1, 0.15) is 0 Å². The van der Waals surface area contributed by atoms with Crippen LogP contribution in [0.3, 0.4) is 0 Å². The quantitative estimate of drug-likeness (QED) is 0.260. The lowest BCUT2D eigenvalue weighted by Gasteiger charge is -1.98. The monoisotopic (exact) mass is 295 g/mol. The minimum Gasteiger partial charge on any atom is -0.618 e. The molecule has 0 N–H and O–H groups in total. The van der Waals surface area contributed by atoms with Crippen molar-refractivity contribution in [2.45, 2.75) is 0 Å². The van der Waals surface area contributed by atoms with Crippen LogP contribution in [0.5, 0.6) is 0 Å². The van der Waals surface area contributed by atoms with E-state index in [1.807, 2.05) is 0 Å². The predicted octanol–water partition coefficient (Wildman–Crippen LogP) is 1.55. The van der Waals surface area contributed by atoms with Crippen molar-refractivity contribution < 1.29 is 9.65 Å². The molecule has 0 unspecified atom stereocenters. The molecule has 1 aromatic heterocycles. The maximum Gasteiger partial charge on any atom is 0.305 e. The Balaban J connectivity index is 3.33. The van der Waals surface area contributed by atoms with Gasteiger partial charge in [0.15, 0.2) is 10.5 Å². The van der Waals surface area contributed by atoms with Gasteiger partial charge < -0.3 is 5.21 Å². The number of pyridine rings is 1. The molecule has 5 nitrogen and oxygen atoms in total. The molecule has 0 aromatic carbocycles. The third-order valence-corrected chi connectivity index (χ3v) is 2.18. The van der Waals surface area contributed by atoms with Crippen molar-refractivity contribution in [3.8, 4) is 0 Å². The lowest BCUT2D eigenvalue weighted by atomic mass is 10.4. The molecule has 0 saturated heterocycles. The van der Waals surface area contributed by atoms with Crippen molar-refractivity contribution in [1.82, 2.24) is 0 Å². The predicted molar refractivity (Wildman–Crippen MR) is 46.3 cm³/mol. The zero-order valence-electron chi connectivity index (χ0n) is 5.45. The molecule has 7 heteroatoms. The SMILES string of the molecule is O=[N+]([O-])c1[c]c(Br)[n+]([O-])cc1Br. The maximum absolute atomic E-state index is 10.8. The fraction of sp³-hybridized carbons (Fsp3) is 0. The van der Waals surface area contributed by atoms with Gasteiger partial charge >= 0.3 is 5.69 Å². The van der Waals surface area contributed by atoms with E-state index in [1.54, 1.807) is 0 Å². The van der Waals surface area contributed by atoms with Crippen LogP contribution in [0.1, 0.15) is 0 Å². The van der Waals surface area contributed by atoms with Gasteiger partial charge in [0.25, 0.3) is 4.60 Å². The Morgan fingerprint density at radius 1 is 1.58 bits per heavy atom. The molecule has 0 fully saturated rings. The molecule has 12 heavy (non-hydrogen) atoms. The van der Waals surface area contributed by atoms with Crippen LogP contribution in [0, 0.1) is 21.4 Å². The largest absolute Gasteiger partial charge is 0.618 e. The summed E-state index contributed by atoms with van der Waals surface area (Å²) in [6, 6.07) is 2.26. The van der Waals surface area contributed by atoms with Crippen molar-refractivity contribution in [1.29, 1.82) is 0 Å². The number of nitrogens with zero attached hydrogens (tertiary/aromatic N) is 2. The highest BCUT2D eigenvalue weighted by Crippen LogP contribution is 2.23. The maximum atomic E-state index is 10.8. The van der Waals surface area contributed by atoms with Crippen LogP contribution >= 0.6 is 31.9 Å². The standard InChI is InChI=1S/C5HBr2N2O3/c6-3-2-8(10)5(7)1-4(3)9(11)12/h2H. The molecule has 0 aliphatic carbocycles. The molecule has 0 atom stereocenters. The Labute approximate surface area is 84.0 Å². The van der Waals surface area contributed by atoms with Crippen molar-refractivity contribution in [3.05, 3.63) is 36.7 Å². The molecule has 1 heterocycles. The number of halogens is 2. The Bertz CT molecular complexity index is 342. The van der Waals surface area contributed by atoms with Gasteiger partial charge in [0, 0.05) is 15.9 Å². The van der Waals surface area contributed by atoms with Crippen molar-refractivity contribution in [2.75, 3.05) is 0 Å². The first-order valence-electron chi connectivity index (χ1n) is 2.67. The summed E-state index contributed by atoms with van der Waals surface area (Å²) in [4.78, 5) is 9.67. The second kappa shape index (κ2) is 3.36. The molecule has 1 radical (unpaired) electrons. The van der Waals surface area contributed by atoms with Crippen LogP contribution in [0.2, 0.25) is 0 Å². The van der Waals surface area contributed by atoms with E-state index in [1.165, 1.54) is 0 Å². The van der Waals surface area contributed by atoms with Gasteiger partial charge in [-0.05, 0) is 15.9 Å². The third kappa shape index (κ3) is 1.72. The summed E-state index contributed by atoms with van der Waals surface area (Å²) in [6.45, 7) is 0. The average molecular weight is 297 g/mol. The third-order valence-electron chi connectivity index (χ3n) is 1.05. The normalized spacial score (nSPS) is 9.83. The minimum absolute atomic E-state index is 0.0163. The zero-order chi connectivity index (χ0) is 9.30. The van der Waals surface area contributed by atoms with Crippen molar-refractivity contribution >= 4 is 37.5 Å². The van der Waals surface area contributed by atoms with E-state index in [9.17, 15) is 15.3 Å². The van der Waals surface area contributed by atoms with Gasteiger partial charge in [-0.3, -0.25) is 10.1 Å². The van der Waals surface area contributed by atoms with E-state index in [0.29, 0.717) is 4.73 Å². The summed E-state index contributed by atoms with van der Waals surface area (Å²) in [7, 11) is 0. The summed E-state index contributed by atoms with van der Waals surface area (Å²) in [5, 5.41) is 21.1. The van der Waals surface area contributed by atoms with E-state index < -0.39 is 4.92 Å².